The monoisotopic (exact) mass is 404 g/mol. The molecule has 0 amide bonds. The van der Waals surface area contributed by atoms with Crippen LogP contribution in [-0.2, 0) is 20.2 Å². The van der Waals surface area contributed by atoms with E-state index in [2.05, 4.69) is 0 Å². The van der Waals surface area contributed by atoms with Crippen molar-refractivity contribution >= 4 is 38.8 Å². The summed E-state index contributed by atoms with van der Waals surface area (Å²) in [6, 6.07) is 11.2. The third-order valence-electron chi connectivity index (χ3n) is 2.99. The molecule has 2 aromatic rings. The van der Waals surface area contributed by atoms with Gasteiger partial charge in [-0.3, -0.25) is 0 Å². The van der Waals surface area contributed by atoms with Crippen LogP contribution < -0.4 is 69.7 Å². The molecular formula is C13H11Na2O6PS2. The van der Waals surface area contributed by atoms with Gasteiger partial charge in [0.25, 0.3) is 0 Å². The van der Waals surface area contributed by atoms with Crippen molar-refractivity contribution in [2.45, 2.75) is 9.79 Å². The first-order chi connectivity index (χ1) is 10.1. The molecule has 0 aromatic heterocycles. The SMILES string of the molecule is CP(c1cccc(S(=O)(=O)[O-])c1)c1cccc(S(=O)(=O)[O-])c1.[Na+].[Na+]. The molecule has 11 heteroatoms. The Hall–Kier alpha value is 0.690. The minimum atomic E-state index is -4.56. The van der Waals surface area contributed by atoms with Crippen LogP contribution in [0, 0.1) is 0 Å². The van der Waals surface area contributed by atoms with Crippen molar-refractivity contribution in [3.8, 4) is 0 Å². The molecule has 0 heterocycles. The fourth-order valence-electron chi connectivity index (χ4n) is 1.84. The van der Waals surface area contributed by atoms with Crippen molar-refractivity contribution in [3.05, 3.63) is 48.5 Å². The van der Waals surface area contributed by atoms with Gasteiger partial charge in [0.05, 0.1) is 9.79 Å². The summed E-state index contributed by atoms with van der Waals surface area (Å²) in [5, 5.41) is 1.18. The van der Waals surface area contributed by atoms with Crippen LogP contribution >= 0.6 is 7.92 Å². The van der Waals surface area contributed by atoms with Crippen molar-refractivity contribution in [1.29, 1.82) is 0 Å². The molecule has 0 aliphatic rings. The summed E-state index contributed by atoms with van der Waals surface area (Å²) in [6.07, 6.45) is 0. The summed E-state index contributed by atoms with van der Waals surface area (Å²) in [5.74, 6) is 0. The maximum absolute atomic E-state index is 11.1. The van der Waals surface area contributed by atoms with Gasteiger partial charge < -0.3 is 9.11 Å². The average molecular weight is 404 g/mol. The zero-order valence-electron chi connectivity index (χ0n) is 13.3. The van der Waals surface area contributed by atoms with Crippen LogP contribution in [0.3, 0.4) is 0 Å². The van der Waals surface area contributed by atoms with E-state index in [1.807, 2.05) is 0 Å². The Bertz CT molecular complexity index is 840. The Morgan fingerprint density at radius 3 is 1.38 bits per heavy atom. The Morgan fingerprint density at radius 2 is 1.08 bits per heavy atom. The molecular weight excluding hydrogens is 393 g/mol. The maximum atomic E-state index is 11.1. The minimum absolute atomic E-state index is 0. The van der Waals surface area contributed by atoms with Gasteiger partial charge in [-0.1, -0.05) is 24.3 Å². The van der Waals surface area contributed by atoms with E-state index in [0.717, 1.165) is 0 Å². The van der Waals surface area contributed by atoms with E-state index >= 15 is 0 Å². The quantitative estimate of drug-likeness (QED) is 0.286. The number of rotatable bonds is 4. The Morgan fingerprint density at radius 1 is 0.750 bits per heavy atom. The van der Waals surface area contributed by atoms with Crippen molar-refractivity contribution in [3.63, 3.8) is 0 Å². The molecule has 0 atom stereocenters. The molecule has 0 saturated carbocycles. The standard InChI is InChI=1S/C13H13O6PS2.2Na/c1-20(10-4-2-6-12(8-10)21(14,15)16)11-5-3-7-13(9-11)22(17,18)19;;/h2-9H,1H3,(H,14,15,16)(H,17,18,19);;/q;2*+1/p-2. The summed E-state index contributed by atoms with van der Waals surface area (Å²) >= 11 is 0. The number of hydrogen-bond donors (Lipinski definition) is 0. The van der Waals surface area contributed by atoms with Crippen LogP contribution in [0.2, 0.25) is 0 Å². The van der Waals surface area contributed by atoms with Gasteiger partial charge in [-0.15, -0.1) is 0 Å². The Kier molecular flexibility index (Phi) is 9.85. The van der Waals surface area contributed by atoms with Crippen molar-refractivity contribution in [2.75, 3.05) is 6.66 Å². The minimum Gasteiger partial charge on any atom is -0.744 e. The Labute approximate surface area is 186 Å². The smallest absolute Gasteiger partial charge is 0.744 e. The van der Waals surface area contributed by atoms with Crippen molar-refractivity contribution < 1.29 is 85.1 Å². The molecule has 0 aliphatic carbocycles. The molecule has 0 radical (unpaired) electrons. The largest absolute Gasteiger partial charge is 1.00 e. The third kappa shape index (κ3) is 6.45. The molecule has 0 saturated heterocycles. The van der Waals surface area contributed by atoms with Gasteiger partial charge in [0, 0.05) is 0 Å². The van der Waals surface area contributed by atoms with Crippen LogP contribution in [0.25, 0.3) is 0 Å². The summed E-state index contributed by atoms with van der Waals surface area (Å²) in [7, 11) is -10.2. The summed E-state index contributed by atoms with van der Waals surface area (Å²) in [4.78, 5) is -0.682. The summed E-state index contributed by atoms with van der Waals surface area (Å²) in [6.45, 7) is 1.78. The van der Waals surface area contributed by atoms with Crippen molar-refractivity contribution in [1.82, 2.24) is 0 Å². The first kappa shape index (κ1) is 24.7. The van der Waals surface area contributed by atoms with Gasteiger partial charge in [-0.25, -0.2) is 16.8 Å². The molecule has 2 aromatic carbocycles. The van der Waals surface area contributed by atoms with Crippen LogP contribution in [0.1, 0.15) is 0 Å². The molecule has 0 N–H and O–H groups in total. The molecule has 2 rings (SSSR count). The van der Waals surface area contributed by atoms with Crippen LogP contribution in [0.4, 0.5) is 0 Å². The normalized spacial score (nSPS) is 11.5. The van der Waals surface area contributed by atoms with E-state index in [0.29, 0.717) is 10.6 Å². The Balaban J connectivity index is 0.00000264. The third-order valence-corrected chi connectivity index (χ3v) is 6.76. The predicted octanol–water partition coefficient (Wildman–Crippen LogP) is -5.43. The second-order valence-electron chi connectivity index (χ2n) is 4.46. The van der Waals surface area contributed by atoms with Gasteiger partial charge in [0.1, 0.15) is 20.2 Å². The fourth-order valence-corrected chi connectivity index (χ4v) is 4.64. The molecule has 0 bridgehead atoms. The fraction of sp³-hybridized carbons (Fsp3) is 0.0769. The van der Waals surface area contributed by atoms with Crippen LogP contribution in [0.15, 0.2) is 58.3 Å². The van der Waals surface area contributed by atoms with Crippen LogP contribution in [0.5, 0.6) is 0 Å². The van der Waals surface area contributed by atoms with Gasteiger partial charge >= 0.3 is 59.1 Å². The zero-order valence-corrected chi connectivity index (χ0v) is 19.9. The summed E-state index contributed by atoms with van der Waals surface area (Å²) in [5.41, 5.74) is 0. The topological polar surface area (TPSA) is 114 Å². The van der Waals surface area contributed by atoms with Crippen LogP contribution in [-0.4, -0.2) is 32.6 Å². The second-order valence-corrected chi connectivity index (χ2v) is 9.37. The van der Waals surface area contributed by atoms with E-state index in [1.165, 1.54) is 36.4 Å². The van der Waals surface area contributed by atoms with E-state index < -0.39 is 28.2 Å². The molecule has 0 aliphatic heterocycles. The second kappa shape index (κ2) is 9.58. The molecule has 6 nitrogen and oxygen atoms in total. The van der Waals surface area contributed by atoms with E-state index in [-0.39, 0.29) is 68.9 Å². The predicted molar refractivity (Wildman–Crippen MR) is 80.9 cm³/mol. The molecule has 118 valence electrons. The first-order valence-corrected chi connectivity index (χ1v) is 10.6. The average Bonchev–Trinajstić information content (AvgIpc) is 2.45. The van der Waals surface area contributed by atoms with Gasteiger partial charge in [0.15, 0.2) is 0 Å². The molecule has 0 spiro atoms. The molecule has 24 heavy (non-hydrogen) atoms. The van der Waals surface area contributed by atoms with E-state index in [1.54, 1.807) is 18.8 Å². The first-order valence-electron chi connectivity index (χ1n) is 5.95. The van der Waals surface area contributed by atoms with Gasteiger partial charge in [-0.2, -0.15) is 0 Å². The van der Waals surface area contributed by atoms with Crippen molar-refractivity contribution in [2.24, 2.45) is 0 Å². The zero-order chi connectivity index (χ0) is 16.5. The molecule has 0 fully saturated rings. The number of hydrogen-bond acceptors (Lipinski definition) is 6. The van der Waals surface area contributed by atoms with Gasteiger partial charge in [0.2, 0.25) is 0 Å². The maximum Gasteiger partial charge on any atom is 1.00 e. The molecule has 0 unspecified atom stereocenters. The van der Waals surface area contributed by atoms with Gasteiger partial charge in [-0.05, 0) is 49.5 Å². The van der Waals surface area contributed by atoms with E-state index in [4.69, 9.17) is 0 Å². The van der Waals surface area contributed by atoms with E-state index in [9.17, 15) is 25.9 Å². The number of benzene rings is 2. The summed E-state index contributed by atoms with van der Waals surface area (Å²) < 4.78 is 66.4.